The van der Waals surface area contributed by atoms with Gasteiger partial charge in [0.2, 0.25) is 3.79 Å². The number of aliphatic hydroxyl groups excluding tert-OH is 1. The van der Waals surface area contributed by atoms with E-state index in [0.29, 0.717) is 0 Å². The minimum Gasteiger partial charge on any atom is -0.384 e. The summed E-state index contributed by atoms with van der Waals surface area (Å²) in [6, 6.07) is 3.28. The monoisotopic (exact) mass is 306 g/mol. The molecule has 1 aromatic rings. The van der Waals surface area contributed by atoms with Gasteiger partial charge in [-0.2, -0.15) is 0 Å². The molecule has 1 nitrogen and oxygen atoms in total. The molecule has 0 aliphatic rings. The molecule has 0 fully saturated rings. The summed E-state index contributed by atoms with van der Waals surface area (Å²) < 4.78 is -1.86. The summed E-state index contributed by atoms with van der Waals surface area (Å²) in [5.74, 6) is 0. The van der Waals surface area contributed by atoms with Crippen molar-refractivity contribution in [1.82, 2.24) is 0 Å². The van der Waals surface area contributed by atoms with E-state index in [-0.39, 0.29) is 15.6 Å². The van der Waals surface area contributed by atoms with E-state index in [4.69, 9.17) is 58.0 Å². The molecule has 0 saturated carbocycles. The van der Waals surface area contributed by atoms with Crippen LogP contribution in [0.5, 0.6) is 0 Å². The Kier molecular flexibility index (Phi) is 4.44. The van der Waals surface area contributed by atoms with Gasteiger partial charge in [-0.3, -0.25) is 0 Å². The van der Waals surface area contributed by atoms with Gasteiger partial charge in [0.05, 0.1) is 0 Å². The molecule has 0 aliphatic heterocycles. The fourth-order valence-corrected chi connectivity index (χ4v) is 2.27. The first-order chi connectivity index (χ1) is 6.73. The Labute approximate surface area is 113 Å². The lowest BCUT2D eigenvalue weighted by molar-refractivity contribution is 0.182. The average molecular weight is 308 g/mol. The molecule has 0 heterocycles. The van der Waals surface area contributed by atoms with Gasteiger partial charge < -0.3 is 5.11 Å². The molecule has 0 spiro atoms. The van der Waals surface area contributed by atoms with Crippen molar-refractivity contribution in [3.05, 3.63) is 33.3 Å². The van der Waals surface area contributed by atoms with Crippen LogP contribution in [-0.4, -0.2) is 8.90 Å². The smallest absolute Gasteiger partial charge is 0.220 e. The largest absolute Gasteiger partial charge is 0.384 e. The van der Waals surface area contributed by atoms with Crippen molar-refractivity contribution in [3.63, 3.8) is 0 Å². The van der Waals surface area contributed by atoms with Crippen molar-refractivity contribution in [2.75, 3.05) is 0 Å². The standard InChI is InChI=1S/C9H7Cl5O/c1-4-2-5(10)7(6(11)3-4)8(15)9(12,13)14/h2-3,8,15H,1H3. The number of hydrogen-bond donors (Lipinski definition) is 1. The van der Waals surface area contributed by atoms with Crippen LogP contribution in [0.3, 0.4) is 0 Å². The molecule has 1 rings (SSSR count). The van der Waals surface area contributed by atoms with Gasteiger partial charge in [-0.15, -0.1) is 0 Å². The second-order valence-corrected chi connectivity index (χ2v) is 6.27. The zero-order chi connectivity index (χ0) is 11.8. The quantitative estimate of drug-likeness (QED) is 0.745. The van der Waals surface area contributed by atoms with Crippen LogP contribution in [-0.2, 0) is 0 Å². The number of benzene rings is 1. The van der Waals surface area contributed by atoms with Crippen LogP contribution in [0.15, 0.2) is 12.1 Å². The molecule has 15 heavy (non-hydrogen) atoms. The zero-order valence-corrected chi connectivity index (χ0v) is 11.3. The van der Waals surface area contributed by atoms with Gasteiger partial charge in [0.25, 0.3) is 0 Å². The fraction of sp³-hybridized carbons (Fsp3) is 0.333. The lowest BCUT2D eigenvalue weighted by Gasteiger charge is -2.21. The maximum absolute atomic E-state index is 9.74. The Hall–Kier alpha value is 0.630. The van der Waals surface area contributed by atoms with Gasteiger partial charge in [0.1, 0.15) is 6.10 Å². The Morgan fingerprint density at radius 2 is 1.53 bits per heavy atom. The molecule has 0 saturated heterocycles. The third-order valence-electron chi connectivity index (χ3n) is 1.81. The molecule has 0 radical (unpaired) electrons. The summed E-state index contributed by atoms with van der Waals surface area (Å²) in [6.07, 6.45) is -1.36. The lowest BCUT2D eigenvalue weighted by atomic mass is 10.1. The van der Waals surface area contributed by atoms with Gasteiger partial charge >= 0.3 is 0 Å². The van der Waals surface area contributed by atoms with E-state index < -0.39 is 9.90 Å². The molecule has 1 aromatic carbocycles. The second-order valence-electron chi connectivity index (χ2n) is 3.09. The number of hydrogen-bond acceptors (Lipinski definition) is 1. The first-order valence-electron chi connectivity index (χ1n) is 3.94. The van der Waals surface area contributed by atoms with Crippen LogP contribution in [0.2, 0.25) is 10.0 Å². The summed E-state index contributed by atoms with van der Waals surface area (Å²) in [5, 5.41) is 10.3. The minimum atomic E-state index is -1.86. The summed E-state index contributed by atoms with van der Waals surface area (Å²) >= 11 is 28.5. The average Bonchev–Trinajstić information content (AvgIpc) is 1.99. The maximum atomic E-state index is 9.74. The molecule has 84 valence electrons. The van der Waals surface area contributed by atoms with Gasteiger partial charge in [-0.05, 0) is 24.6 Å². The van der Waals surface area contributed by atoms with E-state index in [2.05, 4.69) is 0 Å². The van der Waals surface area contributed by atoms with Crippen molar-refractivity contribution in [2.45, 2.75) is 16.8 Å². The van der Waals surface area contributed by atoms with Crippen LogP contribution in [0.4, 0.5) is 0 Å². The Morgan fingerprint density at radius 1 is 1.13 bits per heavy atom. The predicted octanol–water partition coefficient (Wildman–Crippen LogP) is 4.71. The lowest BCUT2D eigenvalue weighted by Crippen LogP contribution is -2.17. The van der Waals surface area contributed by atoms with Crippen LogP contribution in [0.1, 0.15) is 17.2 Å². The van der Waals surface area contributed by atoms with Gasteiger partial charge in [-0.25, -0.2) is 0 Å². The Balaban J connectivity index is 3.26. The Morgan fingerprint density at radius 3 is 1.87 bits per heavy atom. The third kappa shape index (κ3) is 3.29. The summed E-state index contributed by atoms with van der Waals surface area (Å²) in [6.45, 7) is 1.82. The predicted molar refractivity (Wildman–Crippen MR) is 66.4 cm³/mol. The number of rotatable bonds is 1. The fourth-order valence-electron chi connectivity index (χ4n) is 1.14. The molecule has 0 aromatic heterocycles. The second kappa shape index (κ2) is 4.87. The van der Waals surface area contributed by atoms with Crippen LogP contribution in [0, 0.1) is 6.92 Å². The normalized spacial score (nSPS) is 14.1. The molecule has 1 atom stereocenters. The Bertz CT molecular complexity index is 348. The highest BCUT2D eigenvalue weighted by Crippen LogP contribution is 2.44. The highest BCUT2D eigenvalue weighted by molar-refractivity contribution is 6.68. The van der Waals surface area contributed by atoms with Crippen LogP contribution < -0.4 is 0 Å². The summed E-state index contributed by atoms with van der Waals surface area (Å²) in [7, 11) is 0. The first kappa shape index (κ1) is 13.7. The molecular formula is C9H7Cl5O. The molecule has 0 amide bonds. The molecular weight excluding hydrogens is 301 g/mol. The van der Waals surface area contributed by atoms with Crippen molar-refractivity contribution >= 4 is 58.0 Å². The van der Waals surface area contributed by atoms with E-state index in [1.807, 2.05) is 6.92 Å². The van der Waals surface area contributed by atoms with Gasteiger partial charge in [-0.1, -0.05) is 58.0 Å². The number of alkyl halides is 3. The first-order valence-corrected chi connectivity index (χ1v) is 5.82. The SMILES string of the molecule is Cc1cc(Cl)c(C(O)C(Cl)(Cl)Cl)c(Cl)c1. The number of aliphatic hydroxyl groups is 1. The van der Waals surface area contributed by atoms with E-state index >= 15 is 0 Å². The van der Waals surface area contributed by atoms with Crippen molar-refractivity contribution in [3.8, 4) is 0 Å². The highest BCUT2D eigenvalue weighted by atomic mass is 35.6. The van der Waals surface area contributed by atoms with Gasteiger partial charge in [0.15, 0.2) is 0 Å². The maximum Gasteiger partial charge on any atom is 0.220 e. The van der Waals surface area contributed by atoms with E-state index in [1.54, 1.807) is 12.1 Å². The van der Waals surface area contributed by atoms with E-state index in [0.717, 1.165) is 5.56 Å². The number of aryl methyl sites for hydroxylation is 1. The van der Waals surface area contributed by atoms with E-state index in [9.17, 15) is 5.11 Å². The summed E-state index contributed by atoms with van der Waals surface area (Å²) in [4.78, 5) is 0. The van der Waals surface area contributed by atoms with Gasteiger partial charge in [0, 0.05) is 15.6 Å². The third-order valence-corrected chi connectivity index (χ3v) is 3.05. The van der Waals surface area contributed by atoms with Crippen molar-refractivity contribution < 1.29 is 5.11 Å². The highest BCUT2D eigenvalue weighted by Gasteiger charge is 2.35. The van der Waals surface area contributed by atoms with Crippen LogP contribution in [0.25, 0.3) is 0 Å². The summed E-state index contributed by atoms with van der Waals surface area (Å²) in [5.41, 5.74) is 1.09. The molecule has 6 heteroatoms. The van der Waals surface area contributed by atoms with E-state index in [1.165, 1.54) is 0 Å². The molecule has 0 aliphatic carbocycles. The zero-order valence-electron chi connectivity index (χ0n) is 7.57. The molecule has 1 N–H and O–H groups in total. The minimum absolute atomic E-state index is 0.226. The van der Waals surface area contributed by atoms with Crippen molar-refractivity contribution in [1.29, 1.82) is 0 Å². The van der Waals surface area contributed by atoms with Crippen LogP contribution >= 0.6 is 58.0 Å². The molecule has 0 bridgehead atoms. The molecule has 1 unspecified atom stereocenters. The number of halogens is 5. The van der Waals surface area contributed by atoms with Crippen molar-refractivity contribution in [2.24, 2.45) is 0 Å². The topological polar surface area (TPSA) is 20.2 Å².